The van der Waals surface area contributed by atoms with E-state index in [1.807, 2.05) is 0 Å². The van der Waals surface area contributed by atoms with Crippen molar-refractivity contribution in [2.75, 3.05) is 19.7 Å². The molecular formula is C16H27NO. The summed E-state index contributed by atoms with van der Waals surface area (Å²) in [5, 5.41) is 13.4. The van der Waals surface area contributed by atoms with Gasteiger partial charge in [0.1, 0.15) is 0 Å². The van der Waals surface area contributed by atoms with Crippen molar-refractivity contribution in [3.8, 4) is 0 Å². The van der Waals surface area contributed by atoms with Crippen molar-refractivity contribution in [2.24, 2.45) is 23.2 Å². The molecule has 2 bridgehead atoms. The number of aliphatic hydroxyl groups excluding tert-OH is 1. The third-order valence-corrected chi connectivity index (χ3v) is 5.57. The molecule has 0 aromatic carbocycles. The third kappa shape index (κ3) is 2.50. The highest BCUT2D eigenvalue weighted by Gasteiger charge is 2.36. The number of rotatable bonds is 5. The highest BCUT2D eigenvalue weighted by atomic mass is 16.3. The molecule has 3 aliphatic rings. The average molecular weight is 249 g/mol. The first-order chi connectivity index (χ1) is 8.81. The van der Waals surface area contributed by atoms with E-state index in [1.54, 1.807) is 0 Å². The molecule has 3 aliphatic carbocycles. The highest BCUT2D eigenvalue weighted by molar-refractivity contribution is 5.10. The molecule has 3 unspecified atom stereocenters. The van der Waals surface area contributed by atoms with Gasteiger partial charge in [0.25, 0.3) is 0 Å². The molecule has 3 rings (SSSR count). The van der Waals surface area contributed by atoms with Crippen LogP contribution < -0.4 is 5.32 Å². The van der Waals surface area contributed by atoms with Crippen LogP contribution in [0.4, 0.5) is 0 Å². The van der Waals surface area contributed by atoms with Crippen LogP contribution in [0.25, 0.3) is 0 Å². The summed E-state index contributed by atoms with van der Waals surface area (Å²) in [6.45, 7) is 2.56. The smallest absolute Gasteiger partial charge is 0.0499 e. The normalized spacial score (nSPS) is 37.3. The molecule has 2 nitrogen and oxygen atoms in total. The first-order valence-corrected chi connectivity index (χ1v) is 7.81. The maximum absolute atomic E-state index is 9.69. The van der Waals surface area contributed by atoms with Crippen LogP contribution in [0, 0.1) is 23.2 Å². The zero-order valence-corrected chi connectivity index (χ0v) is 11.4. The summed E-state index contributed by atoms with van der Waals surface area (Å²) in [5.41, 5.74) is 0.200. The monoisotopic (exact) mass is 249 g/mol. The maximum Gasteiger partial charge on any atom is 0.0499 e. The van der Waals surface area contributed by atoms with Crippen molar-refractivity contribution in [2.45, 2.75) is 44.9 Å². The van der Waals surface area contributed by atoms with Gasteiger partial charge in [0, 0.05) is 18.6 Å². The molecule has 0 aromatic heterocycles. The quantitative estimate of drug-likeness (QED) is 0.734. The Morgan fingerprint density at radius 3 is 2.56 bits per heavy atom. The predicted octanol–water partition coefficient (Wildman–Crippen LogP) is 2.73. The van der Waals surface area contributed by atoms with Crippen LogP contribution in [0.3, 0.4) is 0 Å². The third-order valence-electron chi connectivity index (χ3n) is 5.57. The molecule has 2 heteroatoms. The van der Waals surface area contributed by atoms with Crippen LogP contribution in [0.5, 0.6) is 0 Å². The summed E-state index contributed by atoms with van der Waals surface area (Å²) in [5.74, 6) is 2.58. The molecule has 2 fully saturated rings. The summed E-state index contributed by atoms with van der Waals surface area (Å²) in [6.07, 6.45) is 14.0. The Morgan fingerprint density at radius 1 is 1.11 bits per heavy atom. The van der Waals surface area contributed by atoms with Gasteiger partial charge >= 0.3 is 0 Å². The lowest BCUT2D eigenvalue weighted by Gasteiger charge is -2.36. The Bertz CT molecular complexity index is 306. The number of hydrogen-bond acceptors (Lipinski definition) is 2. The topological polar surface area (TPSA) is 32.3 Å². The number of fused-ring (bicyclic) bond motifs is 2. The summed E-state index contributed by atoms with van der Waals surface area (Å²) in [6, 6.07) is 0. The molecule has 3 atom stereocenters. The first kappa shape index (κ1) is 12.7. The molecule has 102 valence electrons. The molecule has 18 heavy (non-hydrogen) atoms. The second-order valence-electron chi connectivity index (χ2n) is 6.89. The predicted molar refractivity (Wildman–Crippen MR) is 74.3 cm³/mol. The van der Waals surface area contributed by atoms with Gasteiger partial charge in [-0.1, -0.05) is 31.4 Å². The fraction of sp³-hybridized carbons (Fsp3) is 0.875. The number of allylic oxidation sites excluding steroid dienone is 2. The van der Waals surface area contributed by atoms with E-state index in [0.717, 1.165) is 30.8 Å². The number of aliphatic hydroxyl groups is 1. The van der Waals surface area contributed by atoms with E-state index in [9.17, 15) is 5.11 Å². The van der Waals surface area contributed by atoms with Crippen LogP contribution >= 0.6 is 0 Å². The highest BCUT2D eigenvalue weighted by Crippen LogP contribution is 2.43. The molecular weight excluding hydrogens is 222 g/mol. The zero-order valence-electron chi connectivity index (χ0n) is 11.4. The second kappa shape index (κ2) is 5.34. The van der Waals surface area contributed by atoms with Crippen LogP contribution in [0.1, 0.15) is 44.9 Å². The first-order valence-electron chi connectivity index (χ1n) is 7.81. The van der Waals surface area contributed by atoms with E-state index >= 15 is 0 Å². The Labute approximate surface area is 111 Å². The van der Waals surface area contributed by atoms with Gasteiger partial charge in [0.2, 0.25) is 0 Å². The van der Waals surface area contributed by atoms with Crippen molar-refractivity contribution in [1.29, 1.82) is 0 Å². The minimum Gasteiger partial charge on any atom is -0.396 e. The lowest BCUT2D eigenvalue weighted by molar-refractivity contribution is 0.0800. The van der Waals surface area contributed by atoms with Gasteiger partial charge in [0.05, 0.1) is 0 Å². The van der Waals surface area contributed by atoms with E-state index in [4.69, 9.17) is 0 Å². The van der Waals surface area contributed by atoms with Crippen molar-refractivity contribution in [3.05, 3.63) is 12.2 Å². The minimum absolute atomic E-state index is 0.200. The van der Waals surface area contributed by atoms with Crippen molar-refractivity contribution in [3.63, 3.8) is 0 Å². The van der Waals surface area contributed by atoms with Crippen LogP contribution in [-0.2, 0) is 0 Å². The summed E-state index contributed by atoms with van der Waals surface area (Å²) < 4.78 is 0. The fourth-order valence-corrected chi connectivity index (χ4v) is 4.34. The summed E-state index contributed by atoms with van der Waals surface area (Å²) >= 11 is 0. The zero-order chi connectivity index (χ0) is 12.4. The molecule has 0 aliphatic heterocycles. The molecule has 2 saturated carbocycles. The SMILES string of the molecule is OCC1(CNCC2CC3C=CC2C3)CCCCC1. The number of hydrogen-bond donors (Lipinski definition) is 2. The lowest BCUT2D eigenvalue weighted by atomic mass is 9.74. The average Bonchev–Trinajstić information content (AvgIpc) is 3.02. The van der Waals surface area contributed by atoms with Gasteiger partial charge in [-0.05, 0) is 50.0 Å². The van der Waals surface area contributed by atoms with Crippen molar-refractivity contribution >= 4 is 0 Å². The van der Waals surface area contributed by atoms with Gasteiger partial charge in [-0.2, -0.15) is 0 Å². The lowest BCUT2D eigenvalue weighted by Crippen LogP contribution is -2.41. The molecule has 0 saturated heterocycles. The molecule has 0 aromatic rings. The Hall–Kier alpha value is -0.340. The van der Waals surface area contributed by atoms with Gasteiger partial charge in [-0.25, -0.2) is 0 Å². The Morgan fingerprint density at radius 2 is 1.94 bits per heavy atom. The Balaban J connectivity index is 1.44. The van der Waals surface area contributed by atoms with Crippen LogP contribution in [-0.4, -0.2) is 24.8 Å². The minimum atomic E-state index is 0.200. The Kier molecular flexibility index (Phi) is 3.76. The van der Waals surface area contributed by atoms with E-state index in [-0.39, 0.29) is 5.41 Å². The van der Waals surface area contributed by atoms with Crippen molar-refractivity contribution < 1.29 is 5.11 Å². The fourth-order valence-electron chi connectivity index (χ4n) is 4.34. The number of nitrogens with one attached hydrogen (secondary N) is 1. The van der Waals surface area contributed by atoms with E-state index < -0.39 is 0 Å². The van der Waals surface area contributed by atoms with Crippen molar-refractivity contribution in [1.82, 2.24) is 5.32 Å². The van der Waals surface area contributed by atoms with Gasteiger partial charge < -0.3 is 10.4 Å². The molecule has 0 spiro atoms. The van der Waals surface area contributed by atoms with E-state index in [1.165, 1.54) is 44.9 Å². The van der Waals surface area contributed by atoms with Crippen LogP contribution in [0.15, 0.2) is 12.2 Å². The summed E-state index contributed by atoms with van der Waals surface area (Å²) in [4.78, 5) is 0. The molecule has 0 heterocycles. The summed E-state index contributed by atoms with van der Waals surface area (Å²) in [7, 11) is 0. The second-order valence-corrected chi connectivity index (χ2v) is 6.89. The van der Waals surface area contributed by atoms with E-state index in [0.29, 0.717) is 6.61 Å². The molecule has 2 N–H and O–H groups in total. The van der Waals surface area contributed by atoms with Crippen LogP contribution in [0.2, 0.25) is 0 Å². The van der Waals surface area contributed by atoms with Gasteiger partial charge in [-0.15, -0.1) is 0 Å². The molecule has 0 radical (unpaired) electrons. The largest absolute Gasteiger partial charge is 0.396 e. The van der Waals surface area contributed by atoms with E-state index in [2.05, 4.69) is 17.5 Å². The van der Waals surface area contributed by atoms with Gasteiger partial charge in [0.15, 0.2) is 0 Å². The van der Waals surface area contributed by atoms with Gasteiger partial charge in [-0.3, -0.25) is 0 Å². The standard InChI is InChI=1S/C16H27NO/c18-12-16(6-2-1-3-7-16)11-17-10-15-9-13-4-5-14(15)8-13/h4-5,13-15,17-18H,1-3,6-12H2. The molecule has 0 amide bonds. The maximum atomic E-state index is 9.69.